The van der Waals surface area contributed by atoms with Gasteiger partial charge in [0.1, 0.15) is 5.54 Å². The lowest BCUT2D eigenvalue weighted by Crippen LogP contribution is -2.70. The van der Waals surface area contributed by atoms with Crippen LogP contribution in [-0.2, 0) is 9.59 Å². The standard InChI is InChI=1S/C20H21F7N4O3/c21-14-2-1-11(5-15(14)34-20(25,26)27)28-16(32)9-30-7-12-6-13(8-30)31(12)10-17(33)29-18(3-4-18)19(22,23)24/h1-2,5,12-13H,3-4,6-10H2,(H,28,32)(H,29,33). The third-order valence-electron chi connectivity index (χ3n) is 6.23. The van der Waals surface area contributed by atoms with Crippen LogP contribution in [0.15, 0.2) is 18.2 Å². The van der Waals surface area contributed by atoms with Crippen molar-refractivity contribution in [1.29, 1.82) is 0 Å². The lowest BCUT2D eigenvalue weighted by molar-refractivity contribution is -0.275. The van der Waals surface area contributed by atoms with Gasteiger partial charge in [-0.25, -0.2) is 4.39 Å². The Labute approximate surface area is 189 Å². The minimum absolute atomic E-state index is 0.0789. The average molecular weight is 498 g/mol. The molecule has 1 aromatic carbocycles. The van der Waals surface area contributed by atoms with Crippen LogP contribution in [0.1, 0.15) is 19.3 Å². The SMILES string of the molecule is O=C(CN1CC2CC(C1)N2CC(=O)NC1(C(F)(F)F)CC1)Nc1ccc(F)c(OC(F)(F)F)c1. The second-order valence-electron chi connectivity index (χ2n) is 8.78. The third-order valence-corrected chi connectivity index (χ3v) is 6.23. The van der Waals surface area contributed by atoms with Gasteiger partial charge in [0.05, 0.1) is 13.1 Å². The second kappa shape index (κ2) is 8.56. The Balaban J connectivity index is 1.25. The monoisotopic (exact) mass is 498 g/mol. The first-order chi connectivity index (χ1) is 15.7. The molecule has 0 aromatic heterocycles. The summed E-state index contributed by atoms with van der Waals surface area (Å²) in [6.07, 6.45) is -9.09. The van der Waals surface area contributed by atoms with Crippen molar-refractivity contribution in [2.24, 2.45) is 0 Å². The molecular weight excluding hydrogens is 477 g/mol. The summed E-state index contributed by atoms with van der Waals surface area (Å²) in [5.41, 5.74) is -2.19. The highest BCUT2D eigenvalue weighted by molar-refractivity contribution is 5.92. The number of hydrogen-bond donors (Lipinski definition) is 2. The fraction of sp³-hybridized carbons (Fsp3) is 0.600. The molecule has 1 aromatic rings. The lowest BCUT2D eigenvalue weighted by atomic mass is 9.87. The van der Waals surface area contributed by atoms with E-state index in [1.807, 2.05) is 0 Å². The highest BCUT2D eigenvalue weighted by Gasteiger charge is 2.64. The Morgan fingerprint density at radius 1 is 1.03 bits per heavy atom. The van der Waals surface area contributed by atoms with Crippen molar-refractivity contribution in [1.82, 2.24) is 15.1 Å². The van der Waals surface area contributed by atoms with Crippen LogP contribution in [0.25, 0.3) is 0 Å². The Morgan fingerprint density at radius 2 is 1.68 bits per heavy atom. The van der Waals surface area contributed by atoms with Crippen molar-refractivity contribution in [2.75, 3.05) is 31.5 Å². The fourth-order valence-electron chi connectivity index (χ4n) is 4.43. The summed E-state index contributed by atoms with van der Waals surface area (Å²) in [6, 6.07) is 2.35. The number of halogens is 7. The zero-order valence-electron chi connectivity index (χ0n) is 17.6. The number of ether oxygens (including phenoxy) is 1. The first kappa shape index (κ1) is 24.5. The fourth-order valence-corrected chi connectivity index (χ4v) is 4.43. The van der Waals surface area contributed by atoms with Crippen LogP contribution in [0, 0.1) is 5.82 Å². The summed E-state index contributed by atoms with van der Waals surface area (Å²) in [4.78, 5) is 28.0. The summed E-state index contributed by atoms with van der Waals surface area (Å²) >= 11 is 0. The molecule has 3 saturated heterocycles. The molecule has 1 saturated carbocycles. The summed E-state index contributed by atoms with van der Waals surface area (Å²) in [5, 5.41) is 4.48. The number of rotatable bonds is 7. The highest BCUT2D eigenvalue weighted by atomic mass is 19.4. The number of hydrogen-bond acceptors (Lipinski definition) is 5. The average Bonchev–Trinajstić information content (AvgIpc) is 3.48. The molecular formula is C20H21F7N4O3. The topological polar surface area (TPSA) is 73.9 Å². The largest absolute Gasteiger partial charge is 0.573 e. The first-order valence-corrected chi connectivity index (χ1v) is 10.5. The molecule has 2 amide bonds. The van der Waals surface area contributed by atoms with Gasteiger partial charge in [0.25, 0.3) is 0 Å². The van der Waals surface area contributed by atoms with E-state index in [9.17, 15) is 40.3 Å². The number of alkyl halides is 6. The maximum atomic E-state index is 13.5. The van der Waals surface area contributed by atoms with Gasteiger partial charge in [-0.1, -0.05) is 0 Å². The number of amides is 2. The molecule has 188 valence electrons. The number of carbonyl (C=O) groups is 2. The van der Waals surface area contributed by atoms with Crippen molar-refractivity contribution in [2.45, 2.75) is 49.4 Å². The first-order valence-electron chi connectivity index (χ1n) is 10.5. The van der Waals surface area contributed by atoms with Crippen LogP contribution in [0.4, 0.5) is 36.4 Å². The summed E-state index contributed by atoms with van der Waals surface area (Å²) in [5.74, 6) is -3.55. The molecule has 34 heavy (non-hydrogen) atoms. The van der Waals surface area contributed by atoms with Crippen LogP contribution in [-0.4, -0.2) is 78.0 Å². The molecule has 2 atom stereocenters. The highest BCUT2D eigenvalue weighted by Crippen LogP contribution is 2.49. The van der Waals surface area contributed by atoms with E-state index in [4.69, 9.17) is 0 Å². The van der Waals surface area contributed by atoms with Crippen LogP contribution >= 0.6 is 0 Å². The van der Waals surface area contributed by atoms with E-state index in [0.717, 1.165) is 24.6 Å². The van der Waals surface area contributed by atoms with E-state index in [1.165, 1.54) is 0 Å². The smallest absolute Gasteiger partial charge is 0.403 e. The van der Waals surface area contributed by atoms with Gasteiger partial charge in [0.2, 0.25) is 11.8 Å². The Morgan fingerprint density at radius 3 is 2.24 bits per heavy atom. The number of piperazine rings is 1. The van der Waals surface area contributed by atoms with Crippen LogP contribution in [0.2, 0.25) is 0 Å². The summed E-state index contributed by atoms with van der Waals surface area (Å²) in [7, 11) is 0. The predicted molar refractivity (Wildman–Crippen MR) is 103 cm³/mol. The number of nitrogens with zero attached hydrogens (tertiary/aromatic N) is 2. The quantitative estimate of drug-likeness (QED) is 0.566. The van der Waals surface area contributed by atoms with Crippen molar-refractivity contribution in [3.05, 3.63) is 24.0 Å². The van der Waals surface area contributed by atoms with E-state index < -0.39 is 41.5 Å². The summed E-state index contributed by atoms with van der Waals surface area (Å²) < 4.78 is 93.2. The molecule has 2 unspecified atom stereocenters. The van der Waals surface area contributed by atoms with Gasteiger partial charge in [-0.15, -0.1) is 13.2 Å². The normalized spacial score (nSPS) is 24.2. The number of carbonyl (C=O) groups excluding carboxylic acids is 2. The van der Waals surface area contributed by atoms with Gasteiger partial charge < -0.3 is 15.4 Å². The van der Waals surface area contributed by atoms with Crippen LogP contribution in [0.5, 0.6) is 5.75 Å². The van der Waals surface area contributed by atoms with Crippen LogP contribution < -0.4 is 15.4 Å². The number of benzene rings is 1. The van der Waals surface area contributed by atoms with Gasteiger partial charge in [-0.2, -0.15) is 13.2 Å². The minimum Gasteiger partial charge on any atom is -0.403 e. The number of piperidine rings is 1. The summed E-state index contributed by atoms with van der Waals surface area (Å²) in [6.45, 7) is 0.531. The Bertz CT molecular complexity index is 952. The number of anilines is 1. The molecule has 2 bridgehead atoms. The Hall–Kier alpha value is -2.61. The maximum Gasteiger partial charge on any atom is 0.573 e. The Kier molecular flexibility index (Phi) is 6.17. The van der Waals surface area contributed by atoms with Gasteiger partial charge in [0, 0.05) is 36.9 Å². The molecule has 1 aliphatic carbocycles. The predicted octanol–water partition coefficient (Wildman–Crippen LogP) is 2.63. The molecule has 5 rings (SSSR count). The zero-order valence-corrected chi connectivity index (χ0v) is 17.6. The van der Waals surface area contributed by atoms with E-state index >= 15 is 0 Å². The van der Waals surface area contributed by atoms with E-state index in [-0.39, 0.29) is 43.7 Å². The molecule has 3 aliphatic heterocycles. The minimum atomic E-state index is -5.09. The molecule has 14 heteroatoms. The maximum absolute atomic E-state index is 13.5. The number of nitrogens with one attached hydrogen (secondary N) is 2. The van der Waals surface area contributed by atoms with Crippen LogP contribution in [0.3, 0.4) is 0 Å². The molecule has 3 heterocycles. The van der Waals surface area contributed by atoms with Gasteiger partial charge >= 0.3 is 12.5 Å². The zero-order chi connectivity index (χ0) is 24.9. The van der Waals surface area contributed by atoms with Crippen molar-refractivity contribution >= 4 is 17.5 Å². The van der Waals surface area contributed by atoms with Gasteiger partial charge in [-0.3, -0.25) is 19.4 Å². The molecule has 0 radical (unpaired) electrons. The number of fused-ring (bicyclic) bond motifs is 2. The molecule has 0 spiro atoms. The van der Waals surface area contributed by atoms with E-state index in [1.54, 1.807) is 9.80 Å². The molecule has 7 nitrogen and oxygen atoms in total. The lowest BCUT2D eigenvalue weighted by Gasteiger charge is -2.56. The van der Waals surface area contributed by atoms with E-state index in [0.29, 0.717) is 13.1 Å². The molecule has 4 fully saturated rings. The van der Waals surface area contributed by atoms with Crippen molar-refractivity contribution < 1.29 is 45.1 Å². The van der Waals surface area contributed by atoms with Crippen molar-refractivity contribution in [3.8, 4) is 5.75 Å². The molecule has 4 aliphatic rings. The van der Waals surface area contributed by atoms with E-state index in [2.05, 4.69) is 15.4 Å². The van der Waals surface area contributed by atoms with Crippen molar-refractivity contribution in [3.63, 3.8) is 0 Å². The second-order valence-corrected chi connectivity index (χ2v) is 8.78. The molecule has 2 N–H and O–H groups in total. The van der Waals surface area contributed by atoms with Gasteiger partial charge in [-0.05, 0) is 31.4 Å². The van der Waals surface area contributed by atoms with Gasteiger partial charge in [0.15, 0.2) is 11.6 Å². The third kappa shape index (κ3) is 5.37.